The molecule has 3 heterocycles. The normalized spacial score (nSPS) is 16.9. The van der Waals surface area contributed by atoms with Crippen molar-refractivity contribution < 1.29 is 42.4 Å². The summed E-state index contributed by atoms with van der Waals surface area (Å²) < 4.78 is 51.8. The molecule has 1 saturated carbocycles. The van der Waals surface area contributed by atoms with Gasteiger partial charge in [0.05, 0.1) is 36.9 Å². The average Bonchev–Trinajstić information content (AvgIpc) is 3.39. The van der Waals surface area contributed by atoms with Gasteiger partial charge in [-0.05, 0) is 49.9 Å². The number of fused-ring (bicyclic) bond motifs is 1. The number of anilines is 1. The van der Waals surface area contributed by atoms with E-state index in [1.807, 2.05) is 0 Å². The molecule has 43 heavy (non-hydrogen) atoms. The molecule has 1 aromatic carbocycles. The Hall–Kier alpha value is -4.34. The van der Waals surface area contributed by atoms with E-state index in [0.717, 1.165) is 19.1 Å². The van der Waals surface area contributed by atoms with Crippen LogP contribution in [0.2, 0.25) is 0 Å². The van der Waals surface area contributed by atoms with Gasteiger partial charge < -0.3 is 30.5 Å². The van der Waals surface area contributed by atoms with Crippen molar-refractivity contribution in [2.75, 3.05) is 32.3 Å². The van der Waals surface area contributed by atoms with Crippen LogP contribution in [0.5, 0.6) is 5.75 Å². The van der Waals surface area contributed by atoms with Crippen LogP contribution in [0.4, 0.5) is 15.0 Å². The molecule has 230 valence electrons. The van der Waals surface area contributed by atoms with Gasteiger partial charge in [-0.25, -0.2) is 22.6 Å². The lowest BCUT2D eigenvalue weighted by Gasteiger charge is -2.29. The smallest absolute Gasteiger partial charge is 0.503 e. The first kappa shape index (κ1) is 31.6. The number of sulfone groups is 1. The number of carboxylic acid groups (broad SMARTS) is 2. The summed E-state index contributed by atoms with van der Waals surface area (Å²) in [6.07, 6.45) is 5.56. The number of pyridine rings is 1. The number of hydrogen-bond acceptors (Lipinski definition) is 10. The molecule has 1 aliphatic rings. The van der Waals surface area contributed by atoms with E-state index in [0.29, 0.717) is 59.8 Å². The van der Waals surface area contributed by atoms with Gasteiger partial charge in [-0.1, -0.05) is 6.07 Å². The van der Waals surface area contributed by atoms with Gasteiger partial charge in [-0.3, -0.25) is 4.98 Å². The molecular formula is C28H32FN5O8S. The summed E-state index contributed by atoms with van der Waals surface area (Å²) in [5.74, 6) is -1.24. The van der Waals surface area contributed by atoms with Gasteiger partial charge in [-0.15, -0.1) is 0 Å². The third kappa shape index (κ3) is 7.36. The van der Waals surface area contributed by atoms with Crippen LogP contribution < -0.4 is 5.73 Å². The summed E-state index contributed by atoms with van der Waals surface area (Å²) in [6, 6.07) is 7.59. The molecular weight excluding hydrogens is 585 g/mol. The van der Waals surface area contributed by atoms with E-state index in [9.17, 15) is 17.9 Å². The zero-order valence-electron chi connectivity index (χ0n) is 23.5. The third-order valence-electron chi connectivity index (χ3n) is 7.05. The SMILES string of the molecule is COCCO[C@H]1CC[C@H](c2nc3c(-c4ccc(-c5ccc(O)c(F)c5)nc4)cnn3c(N)c2S(C)(=O)=O)CC1.O=C(O)O. The van der Waals surface area contributed by atoms with Gasteiger partial charge in [0.25, 0.3) is 0 Å². The largest absolute Gasteiger partial charge is 0.505 e. The predicted octanol–water partition coefficient (Wildman–Crippen LogP) is 4.20. The summed E-state index contributed by atoms with van der Waals surface area (Å²) in [5, 5.41) is 27.7. The lowest BCUT2D eigenvalue weighted by atomic mass is 9.85. The van der Waals surface area contributed by atoms with Crippen LogP contribution in [0.15, 0.2) is 47.6 Å². The second-order valence-electron chi connectivity index (χ2n) is 10.00. The minimum atomic E-state index is -3.69. The van der Waals surface area contributed by atoms with Crippen LogP contribution in [-0.4, -0.2) is 82.2 Å². The van der Waals surface area contributed by atoms with Crippen molar-refractivity contribution in [3.05, 3.63) is 54.2 Å². The predicted molar refractivity (Wildman–Crippen MR) is 154 cm³/mol. The number of ether oxygens (including phenoxy) is 2. The number of halogens is 1. The maximum atomic E-state index is 13.8. The van der Waals surface area contributed by atoms with Crippen molar-refractivity contribution in [2.24, 2.45) is 0 Å². The van der Waals surface area contributed by atoms with Gasteiger partial charge in [0.15, 0.2) is 27.1 Å². The number of nitrogen functional groups attached to an aromatic ring is 1. The molecule has 0 unspecified atom stereocenters. The summed E-state index contributed by atoms with van der Waals surface area (Å²) in [5.41, 5.74) is 9.64. The Kier molecular flexibility index (Phi) is 9.78. The van der Waals surface area contributed by atoms with E-state index < -0.39 is 27.6 Å². The number of nitrogens with two attached hydrogens (primary N) is 1. The molecule has 0 amide bonds. The maximum Gasteiger partial charge on any atom is 0.503 e. The molecule has 0 bridgehead atoms. The average molecular weight is 618 g/mol. The second-order valence-corrected chi connectivity index (χ2v) is 11.9. The standard InChI is InChI=1S/C27H30FN5O5S.CH2O3/c1-37-11-12-38-19-7-3-16(4-8-19)24-25(39(2,35)36)26(29)33-27(32-24)20(15-31-33)18-5-9-22(30-14-18)17-6-10-23(34)21(28)13-17;2-1(3)4/h5-6,9-10,13-16,19,34H,3-4,7-8,11-12,29H2,1-2H3;(H2,2,3,4)/t16-,19-;. The first-order valence-electron chi connectivity index (χ1n) is 13.3. The minimum absolute atomic E-state index is 0.0104. The fraction of sp³-hybridized carbons (Fsp3) is 0.357. The summed E-state index contributed by atoms with van der Waals surface area (Å²) in [4.78, 5) is 17.9. The fourth-order valence-corrected chi connectivity index (χ4v) is 6.13. The van der Waals surface area contributed by atoms with Gasteiger partial charge in [-0.2, -0.15) is 9.61 Å². The van der Waals surface area contributed by atoms with Gasteiger partial charge in [0.2, 0.25) is 0 Å². The molecule has 13 nitrogen and oxygen atoms in total. The van der Waals surface area contributed by atoms with Gasteiger partial charge >= 0.3 is 6.16 Å². The Bertz CT molecular complexity index is 1700. The highest BCUT2D eigenvalue weighted by Gasteiger charge is 2.32. The Labute approximate surface area is 246 Å². The topological polar surface area (TPSA) is 199 Å². The quantitative estimate of drug-likeness (QED) is 0.206. The molecule has 0 saturated heterocycles. The molecule has 1 aliphatic carbocycles. The Balaban J connectivity index is 0.000000996. The van der Waals surface area contributed by atoms with Crippen LogP contribution in [0, 0.1) is 5.82 Å². The second kappa shape index (κ2) is 13.3. The molecule has 4 aromatic rings. The van der Waals surface area contributed by atoms with Crippen LogP contribution >= 0.6 is 0 Å². The monoisotopic (exact) mass is 617 g/mol. The molecule has 0 radical (unpaired) electrons. The van der Waals surface area contributed by atoms with E-state index in [1.165, 1.54) is 16.6 Å². The van der Waals surface area contributed by atoms with Crippen molar-refractivity contribution in [1.29, 1.82) is 0 Å². The highest BCUT2D eigenvalue weighted by molar-refractivity contribution is 7.91. The van der Waals surface area contributed by atoms with Crippen molar-refractivity contribution >= 4 is 27.5 Å². The molecule has 0 atom stereocenters. The summed E-state index contributed by atoms with van der Waals surface area (Å²) >= 11 is 0. The van der Waals surface area contributed by atoms with Gasteiger partial charge in [0.1, 0.15) is 10.7 Å². The van der Waals surface area contributed by atoms with Crippen molar-refractivity contribution in [3.63, 3.8) is 0 Å². The number of rotatable bonds is 8. The van der Waals surface area contributed by atoms with Crippen molar-refractivity contribution in [3.8, 4) is 28.1 Å². The maximum absolute atomic E-state index is 13.8. The van der Waals surface area contributed by atoms with E-state index in [4.69, 9.17) is 35.2 Å². The number of nitrogens with zero attached hydrogens (tertiary/aromatic N) is 4. The van der Waals surface area contributed by atoms with Crippen LogP contribution in [-0.2, 0) is 19.3 Å². The van der Waals surface area contributed by atoms with Crippen molar-refractivity contribution in [1.82, 2.24) is 19.6 Å². The number of methoxy groups -OCH3 is 1. The highest BCUT2D eigenvalue weighted by Crippen LogP contribution is 2.39. The fourth-order valence-electron chi connectivity index (χ4n) is 5.07. The number of phenolic OH excluding ortho intramolecular Hbond substituents is 1. The van der Waals surface area contributed by atoms with Gasteiger partial charge in [0, 0.05) is 42.2 Å². The molecule has 5 N–H and O–H groups in total. The number of phenols is 1. The van der Waals surface area contributed by atoms with Crippen molar-refractivity contribution in [2.45, 2.75) is 42.6 Å². The third-order valence-corrected chi connectivity index (χ3v) is 8.21. The number of carbonyl (C=O) groups is 1. The zero-order chi connectivity index (χ0) is 31.3. The zero-order valence-corrected chi connectivity index (χ0v) is 24.3. The lowest BCUT2D eigenvalue weighted by Crippen LogP contribution is -2.24. The lowest BCUT2D eigenvalue weighted by molar-refractivity contribution is -0.00308. The Morgan fingerprint density at radius 1 is 1.09 bits per heavy atom. The van der Waals surface area contributed by atoms with E-state index in [1.54, 1.807) is 37.7 Å². The van der Waals surface area contributed by atoms with E-state index >= 15 is 0 Å². The molecule has 5 rings (SSSR count). The molecule has 1 fully saturated rings. The minimum Gasteiger partial charge on any atom is -0.505 e. The van der Waals surface area contributed by atoms with Crippen LogP contribution in [0.1, 0.15) is 37.3 Å². The molecule has 3 aromatic heterocycles. The van der Waals surface area contributed by atoms with E-state index in [2.05, 4.69) is 10.1 Å². The molecule has 0 spiro atoms. The number of hydrogen-bond donors (Lipinski definition) is 4. The van der Waals surface area contributed by atoms with Crippen LogP contribution in [0.3, 0.4) is 0 Å². The first-order chi connectivity index (χ1) is 20.4. The Morgan fingerprint density at radius 3 is 2.35 bits per heavy atom. The number of aromatic nitrogens is 4. The number of benzene rings is 1. The number of aromatic hydroxyl groups is 1. The molecule has 15 heteroatoms. The van der Waals surface area contributed by atoms with E-state index in [-0.39, 0.29) is 22.7 Å². The molecule has 0 aliphatic heterocycles. The first-order valence-corrected chi connectivity index (χ1v) is 15.1. The summed E-state index contributed by atoms with van der Waals surface area (Å²) in [7, 11) is -2.06. The van der Waals surface area contributed by atoms with Crippen LogP contribution in [0.25, 0.3) is 28.0 Å². The Morgan fingerprint density at radius 2 is 1.77 bits per heavy atom. The highest BCUT2D eigenvalue weighted by atomic mass is 32.2. The summed E-state index contributed by atoms with van der Waals surface area (Å²) in [6.45, 7) is 1.05.